The molecule has 0 unspecified atom stereocenters. The van der Waals surface area contributed by atoms with E-state index in [9.17, 15) is 0 Å². The van der Waals surface area contributed by atoms with Gasteiger partial charge >= 0.3 is 0 Å². The highest BCUT2D eigenvalue weighted by atomic mass is 35.5. The van der Waals surface area contributed by atoms with E-state index in [1.165, 1.54) is 0 Å². The molecule has 24 heavy (non-hydrogen) atoms. The van der Waals surface area contributed by atoms with Gasteiger partial charge in [-0.05, 0) is 37.9 Å². The Balaban J connectivity index is 1.94. The fourth-order valence-corrected chi connectivity index (χ4v) is 2.44. The summed E-state index contributed by atoms with van der Waals surface area (Å²) in [5.41, 5.74) is 2.12. The van der Waals surface area contributed by atoms with Gasteiger partial charge in [-0.3, -0.25) is 0 Å². The maximum Gasteiger partial charge on any atom is 0.161 e. The Hall–Kier alpha value is -1.75. The van der Waals surface area contributed by atoms with Crippen LogP contribution in [0.25, 0.3) is 0 Å². The summed E-state index contributed by atoms with van der Waals surface area (Å²) in [6.07, 6.45) is 0. The molecule has 0 saturated heterocycles. The summed E-state index contributed by atoms with van der Waals surface area (Å²) in [6.45, 7) is 3.17. The first-order chi connectivity index (χ1) is 11.6. The lowest BCUT2D eigenvalue weighted by Gasteiger charge is -2.14. The lowest BCUT2D eigenvalue weighted by atomic mass is 10.2. The third kappa shape index (κ3) is 5.71. The lowest BCUT2D eigenvalue weighted by Crippen LogP contribution is -2.26. The molecule has 0 amide bonds. The molecule has 130 valence electrons. The minimum atomic E-state index is 0.413. The van der Waals surface area contributed by atoms with Crippen molar-refractivity contribution in [3.63, 3.8) is 0 Å². The average Bonchev–Trinajstić information content (AvgIpc) is 2.58. The Morgan fingerprint density at radius 1 is 1.08 bits per heavy atom. The van der Waals surface area contributed by atoms with Crippen molar-refractivity contribution in [1.29, 1.82) is 0 Å². The van der Waals surface area contributed by atoms with Crippen LogP contribution in [0.1, 0.15) is 11.1 Å². The van der Waals surface area contributed by atoms with Gasteiger partial charge in [0.15, 0.2) is 11.5 Å². The molecule has 0 aliphatic heterocycles. The molecule has 0 saturated carbocycles. The molecule has 5 heteroatoms. The molecule has 2 rings (SSSR count). The Kier molecular flexibility index (Phi) is 7.37. The third-order valence-corrected chi connectivity index (χ3v) is 4.00. The Labute approximate surface area is 149 Å². The van der Waals surface area contributed by atoms with Gasteiger partial charge in [0.1, 0.15) is 6.61 Å². The molecule has 0 atom stereocenters. The van der Waals surface area contributed by atoms with Crippen molar-refractivity contribution in [3.05, 3.63) is 58.6 Å². The van der Waals surface area contributed by atoms with E-state index in [0.29, 0.717) is 11.6 Å². The molecule has 0 spiro atoms. The highest BCUT2D eigenvalue weighted by Gasteiger charge is 2.07. The molecule has 0 fully saturated rings. The van der Waals surface area contributed by atoms with Crippen LogP contribution in [-0.4, -0.2) is 39.2 Å². The standard InChI is InChI=1S/C19H25ClN2O2/c1-22(2)11-10-21-13-15-8-9-18(19(12-15)23-3)24-14-16-6-4-5-7-17(16)20/h4-9,12,21H,10-11,13-14H2,1-3H3. The highest BCUT2D eigenvalue weighted by Crippen LogP contribution is 2.29. The van der Waals surface area contributed by atoms with E-state index in [4.69, 9.17) is 21.1 Å². The van der Waals surface area contributed by atoms with E-state index >= 15 is 0 Å². The number of methoxy groups -OCH3 is 1. The van der Waals surface area contributed by atoms with Gasteiger partial charge in [0.05, 0.1) is 7.11 Å². The average molecular weight is 349 g/mol. The zero-order valence-electron chi connectivity index (χ0n) is 14.5. The topological polar surface area (TPSA) is 33.7 Å². The zero-order valence-corrected chi connectivity index (χ0v) is 15.3. The number of likely N-dealkylation sites (N-methyl/N-ethyl adjacent to an activating group) is 1. The predicted octanol–water partition coefficient (Wildman–Crippen LogP) is 3.58. The van der Waals surface area contributed by atoms with Gasteiger partial charge in [-0.25, -0.2) is 0 Å². The van der Waals surface area contributed by atoms with Crippen LogP contribution in [0, 0.1) is 0 Å². The van der Waals surface area contributed by atoms with Gasteiger partial charge in [-0.15, -0.1) is 0 Å². The van der Waals surface area contributed by atoms with Crippen molar-refractivity contribution in [3.8, 4) is 11.5 Å². The summed E-state index contributed by atoms with van der Waals surface area (Å²) in [7, 11) is 5.78. The fourth-order valence-electron chi connectivity index (χ4n) is 2.25. The molecule has 0 aliphatic rings. The molecule has 2 aromatic carbocycles. The van der Waals surface area contributed by atoms with Gasteiger partial charge in [0, 0.05) is 30.2 Å². The van der Waals surface area contributed by atoms with Gasteiger partial charge in [0.2, 0.25) is 0 Å². The molecule has 0 aromatic heterocycles. The first-order valence-electron chi connectivity index (χ1n) is 7.98. The molecular weight excluding hydrogens is 324 g/mol. The summed E-state index contributed by atoms with van der Waals surface area (Å²) in [6, 6.07) is 13.7. The van der Waals surface area contributed by atoms with Crippen LogP contribution >= 0.6 is 11.6 Å². The monoisotopic (exact) mass is 348 g/mol. The predicted molar refractivity (Wildman–Crippen MR) is 99.0 cm³/mol. The van der Waals surface area contributed by atoms with E-state index in [0.717, 1.165) is 42.3 Å². The van der Waals surface area contributed by atoms with E-state index < -0.39 is 0 Å². The molecule has 0 aliphatic carbocycles. The number of halogens is 1. The quantitative estimate of drug-likeness (QED) is 0.702. The van der Waals surface area contributed by atoms with E-state index in [1.807, 2.05) is 42.5 Å². The zero-order chi connectivity index (χ0) is 17.4. The summed E-state index contributed by atoms with van der Waals surface area (Å²) >= 11 is 6.16. The van der Waals surface area contributed by atoms with Crippen molar-refractivity contribution >= 4 is 11.6 Å². The second kappa shape index (κ2) is 9.52. The lowest BCUT2D eigenvalue weighted by molar-refractivity contribution is 0.284. The van der Waals surface area contributed by atoms with Crippen LogP contribution in [0.5, 0.6) is 11.5 Å². The van der Waals surface area contributed by atoms with E-state index in [2.05, 4.69) is 24.3 Å². The van der Waals surface area contributed by atoms with E-state index in [1.54, 1.807) is 7.11 Å². The van der Waals surface area contributed by atoms with Crippen LogP contribution in [0.2, 0.25) is 5.02 Å². The van der Waals surface area contributed by atoms with Gasteiger partial charge in [0.25, 0.3) is 0 Å². The van der Waals surface area contributed by atoms with Crippen LogP contribution in [0.15, 0.2) is 42.5 Å². The summed E-state index contributed by atoms with van der Waals surface area (Å²) in [5.74, 6) is 1.45. The summed E-state index contributed by atoms with van der Waals surface area (Å²) in [5, 5.41) is 4.12. The normalized spacial score (nSPS) is 10.9. The number of nitrogens with one attached hydrogen (secondary N) is 1. The van der Waals surface area contributed by atoms with Crippen LogP contribution in [0.3, 0.4) is 0 Å². The highest BCUT2D eigenvalue weighted by molar-refractivity contribution is 6.31. The minimum absolute atomic E-state index is 0.413. The van der Waals surface area contributed by atoms with Gasteiger partial charge < -0.3 is 19.7 Å². The Morgan fingerprint density at radius 3 is 2.58 bits per heavy atom. The number of nitrogens with zero attached hydrogens (tertiary/aromatic N) is 1. The van der Waals surface area contributed by atoms with Crippen molar-refractivity contribution in [2.75, 3.05) is 34.3 Å². The minimum Gasteiger partial charge on any atom is -0.493 e. The Bertz CT molecular complexity index is 647. The van der Waals surface area contributed by atoms with Crippen LogP contribution in [-0.2, 0) is 13.2 Å². The van der Waals surface area contributed by atoms with Crippen LogP contribution < -0.4 is 14.8 Å². The van der Waals surface area contributed by atoms with Crippen molar-refractivity contribution in [1.82, 2.24) is 10.2 Å². The summed E-state index contributed by atoms with van der Waals surface area (Å²) < 4.78 is 11.3. The SMILES string of the molecule is COc1cc(CNCCN(C)C)ccc1OCc1ccccc1Cl. The maximum atomic E-state index is 6.16. The molecule has 4 nitrogen and oxygen atoms in total. The first-order valence-corrected chi connectivity index (χ1v) is 8.36. The Morgan fingerprint density at radius 2 is 1.88 bits per heavy atom. The van der Waals surface area contributed by atoms with Gasteiger partial charge in [-0.1, -0.05) is 35.9 Å². The van der Waals surface area contributed by atoms with Crippen molar-refractivity contribution in [2.45, 2.75) is 13.2 Å². The smallest absolute Gasteiger partial charge is 0.161 e. The van der Waals surface area contributed by atoms with E-state index in [-0.39, 0.29) is 0 Å². The van der Waals surface area contributed by atoms with Crippen molar-refractivity contribution < 1.29 is 9.47 Å². The number of rotatable bonds is 9. The van der Waals surface area contributed by atoms with Gasteiger partial charge in [-0.2, -0.15) is 0 Å². The maximum absolute atomic E-state index is 6.16. The third-order valence-electron chi connectivity index (χ3n) is 3.63. The fraction of sp³-hybridized carbons (Fsp3) is 0.368. The largest absolute Gasteiger partial charge is 0.493 e. The second-order valence-electron chi connectivity index (χ2n) is 5.85. The summed E-state index contributed by atoms with van der Waals surface area (Å²) in [4.78, 5) is 2.15. The molecule has 1 N–H and O–H groups in total. The molecule has 0 bridgehead atoms. The molecule has 2 aromatic rings. The van der Waals surface area contributed by atoms with Crippen LogP contribution in [0.4, 0.5) is 0 Å². The number of hydrogen-bond acceptors (Lipinski definition) is 4. The first kappa shape index (κ1) is 18.6. The number of ether oxygens (including phenoxy) is 2. The number of benzene rings is 2. The molecule has 0 radical (unpaired) electrons. The number of hydrogen-bond donors (Lipinski definition) is 1. The molecule has 0 heterocycles. The van der Waals surface area contributed by atoms with Crippen molar-refractivity contribution in [2.24, 2.45) is 0 Å². The molecular formula is C19H25ClN2O2. The second-order valence-corrected chi connectivity index (χ2v) is 6.25.